The molecule has 0 fully saturated rings. The predicted molar refractivity (Wildman–Crippen MR) is 154 cm³/mol. The Morgan fingerprint density at radius 2 is 1.39 bits per heavy atom. The summed E-state index contributed by atoms with van der Waals surface area (Å²) in [4.78, 5) is 29.6. The zero-order valence-corrected chi connectivity index (χ0v) is 22.8. The van der Waals surface area contributed by atoms with E-state index in [1.54, 1.807) is 4.90 Å². The smallest absolute Gasteiger partial charge is 0.248 e. The van der Waals surface area contributed by atoms with E-state index in [4.69, 9.17) is 0 Å². The van der Waals surface area contributed by atoms with Crippen LogP contribution in [0.5, 0.6) is 0 Å². The number of carbonyl (C=O) groups is 2. The van der Waals surface area contributed by atoms with E-state index in [0.717, 1.165) is 39.5 Å². The van der Waals surface area contributed by atoms with E-state index in [2.05, 4.69) is 53.2 Å². The molecule has 5 rings (SSSR count). The molecule has 0 spiro atoms. The number of anilines is 1. The lowest BCUT2D eigenvalue weighted by Gasteiger charge is -2.36. The van der Waals surface area contributed by atoms with Gasteiger partial charge in [0, 0.05) is 17.7 Å². The summed E-state index contributed by atoms with van der Waals surface area (Å²) in [5.41, 5.74) is 7.49. The lowest BCUT2D eigenvalue weighted by Crippen LogP contribution is -2.50. The maximum atomic E-state index is 13.9. The number of benzene rings is 3. The highest BCUT2D eigenvalue weighted by Gasteiger charge is 2.36. The molecule has 5 nitrogen and oxygen atoms in total. The van der Waals surface area contributed by atoms with Crippen molar-refractivity contribution in [2.75, 3.05) is 4.90 Å². The Balaban J connectivity index is 1.71. The van der Waals surface area contributed by atoms with E-state index in [9.17, 15) is 9.59 Å². The summed E-state index contributed by atoms with van der Waals surface area (Å²) in [5, 5.41) is 3.13. The first-order valence-corrected chi connectivity index (χ1v) is 13.2. The summed E-state index contributed by atoms with van der Waals surface area (Å²) < 4.78 is 2.24. The van der Waals surface area contributed by atoms with Crippen molar-refractivity contribution >= 4 is 17.5 Å². The number of aromatic nitrogens is 1. The monoisotopic (exact) mass is 505 g/mol. The molecule has 1 aliphatic rings. The van der Waals surface area contributed by atoms with Gasteiger partial charge >= 0.3 is 0 Å². The van der Waals surface area contributed by atoms with Gasteiger partial charge in [-0.25, -0.2) is 0 Å². The molecule has 5 heteroatoms. The van der Waals surface area contributed by atoms with Gasteiger partial charge < -0.3 is 9.88 Å². The van der Waals surface area contributed by atoms with Crippen LogP contribution in [0.1, 0.15) is 55.6 Å². The summed E-state index contributed by atoms with van der Waals surface area (Å²) in [6.45, 7) is 9.98. The molecule has 0 saturated carbocycles. The molecule has 1 aromatic heterocycles. The van der Waals surface area contributed by atoms with Gasteiger partial charge in [0.25, 0.3) is 0 Å². The third kappa shape index (κ3) is 5.01. The normalized spacial score (nSPS) is 14.2. The van der Waals surface area contributed by atoms with Crippen molar-refractivity contribution < 1.29 is 9.59 Å². The quantitative estimate of drug-likeness (QED) is 0.336. The fourth-order valence-corrected chi connectivity index (χ4v) is 5.14. The number of rotatable bonds is 4. The van der Waals surface area contributed by atoms with E-state index in [0.29, 0.717) is 12.8 Å². The third-order valence-electron chi connectivity index (χ3n) is 6.95. The lowest BCUT2D eigenvalue weighted by atomic mass is 9.98. The number of nitrogens with one attached hydrogen (secondary N) is 1. The number of hydrogen-bond donors (Lipinski definition) is 1. The maximum absolute atomic E-state index is 13.9. The number of carbonyl (C=O) groups excluding carboxylic acids is 2. The van der Waals surface area contributed by atoms with Crippen LogP contribution in [-0.4, -0.2) is 21.9 Å². The Hall–Kier alpha value is -4.12. The lowest BCUT2D eigenvalue weighted by molar-refractivity contribution is -0.127. The average molecular weight is 506 g/mol. The zero-order valence-electron chi connectivity index (χ0n) is 22.8. The van der Waals surface area contributed by atoms with Crippen LogP contribution in [0.25, 0.3) is 16.9 Å². The molecule has 0 saturated heterocycles. The van der Waals surface area contributed by atoms with E-state index in [-0.39, 0.29) is 11.8 Å². The second kappa shape index (κ2) is 9.97. The highest BCUT2D eigenvalue weighted by Crippen LogP contribution is 2.39. The average Bonchev–Trinajstić information content (AvgIpc) is 3.28. The fourth-order valence-electron chi connectivity index (χ4n) is 5.14. The fraction of sp³-hybridized carbons (Fsp3) is 0.273. The van der Waals surface area contributed by atoms with Gasteiger partial charge in [0.15, 0.2) is 0 Å². The Morgan fingerprint density at radius 3 is 2.03 bits per heavy atom. The van der Waals surface area contributed by atoms with Crippen molar-refractivity contribution in [3.63, 3.8) is 0 Å². The van der Waals surface area contributed by atoms with Gasteiger partial charge in [-0.3, -0.25) is 14.5 Å². The highest BCUT2D eigenvalue weighted by molar-refractivity contribution is 6.03. The summed E-state index contributed by atoms with van der Waals surface area (Å²) >= 11 is 0. The molecule has 0 radical (unpaired) electrons. The van der Waals surface area contributed by atoms with Crippen LogP contribution in [0.15, 0.2) is 84.9 Å². The topological polar surface area (TPSA) is 54.3 Å². The van der Waals surface area contributed by atoms with E-state index >= 15 is 0 Å². The van der Waals surface area contributed by atoms with Crippen LogP contribution in [0.3, 0.4) is 0 Å². The van der Waals surface area contributed by atoms with Gasteiger partial charge in [0.2, 0.25) is 11.8 Å². The van der Waals surface area contributed by atoms with Gasteiger partial charge in [-0.05, 0) is 76.4 Å². The SMILES string of the molecule is Cc1ccc(-c2ccc3n2-c2ccccc2N(C(C(=O)NC(C)(C)C)c2ccc(C)cc2)C(=O)CC3)cc1. The minimum Gasteiger partial charge on any atom is -0.349 e. The summed E-state index contributed by atoms with van der Waals surface area (Å²) in [6, 6.07) is 27.7. The number of amides is 2. The first-order chi connectivity index (χ1) is 18.1. The van der Waals surface area contributed by atoms with Crippen LogP contribution in [0.2, 0.25) is 0 Å². The Bertz CT molecular complexity index is 1470. The second-order valence-corrected chi connectivity index (χ2v) is 11.2. The van der Waals surface area contributed by atoms with Crippen molar-refractivity contribution in [3.05, 3.63) is 107 Å². The minimum absolute atomic E-state index is 0.0728. The van der Waals surface area contributed by atoms with Crippen LogP contribution >= 0.6 is 0 Å². The maximum Gasteiger partial charge on any atom is 0.248 e. The molecule has 2 amide bonds. The highest BCUT2D eigenvalue weighted by atomic mass is 16.2. The van der Waals surface area contributed by atoms with Crippen LogP contribution in [0, 0.1) is 13.8 Å². The molecule has 38 heavy (non-hydrogen) atoms. The molecule has 1 aliphatic heterocycles. The van der Waals surface area contributed by atoms with Crippen molar-refractivity contribution in [3.8, 4) is 16.9 Å². The Morgan fingerprint density at radius 1 is 0.789 bits per heavy atom. The third-order valence-corrected chi connectivity index (χ3v) is 6.95. The van der Waals surface area contributed by atoms with Crippen LogP contribution < -0.4 is 10.2 Å². The number of aryl methyl sites for hydroxylation is 3. The number of hydrogen-bond acceptors (Lipinski definition) is 2. The van der Waals surface area contributed by atoms with E-state index in [1.165, 1.54) is 5.56 Å². The zero-order chi connectivity index (χ0) is 27.0. The van der Waals surface area contributed by atoms with Gasteiger partial charge in [-0.2, -0.15) is 0 Å². The molecule has 1 N–H and O–H groups in total. The first kappa shape index (κ1) is 25.5. The number of nitrogens with zero attached hydrogens (tertiary/aromatic N) is 2. The molecule has 1 unspecified atom stereocenters. The van der Waals surface area contributed by atoms with Crippen molar-refractivity contribution in [2.45, 2.75) is 59.0 Å². The Labute approximate surface area is 225 Å². The Kier molecular flexibility index (Phi) is 6.70. The first-order valence-electron chi connectivity index (χ1n) is 13.2. The molecule has 194 valence electrons. The molecule has 0 aliphatic carbocycles. The molecular formula is C33H35N3O2. The summed E-state index contributed by atoms with van der Waals surface area (Å²) in [6.07, 6.45) is 0.883. The second-order valence-electron chi connectivity index (χ2n) is 11.2. The molecule has 2 heterocycles. The molecule has 0 bridgehead atoms. The predicted octanol–water partition coefficient (Wildman–Crippen LogP) is 6.70. The van der Waals surface area contributed by atoms with Crippen LogP contribution in [0.4, 0.5) is 5.69 Å². The van der Waals surface area contributed by atoms with Gasteiger partial charge in [-0.1, -0.05) is 71.8 Å². The molecule has 1 atom stereocenters. The largest absolute Gasteiger partial charge is 0.349 e. The summed E-state index contributed by atoms with van der Waals surface area (Å²) in [5.74, 6) is -0.270. The van der Waals surface area contributed by atoms with Crippen LogP contribution in [-0.2, 0) is 16.0 Å². The van der Waals surface area contributed by atoms with Gasteiger partial charge in [0.05, 0.1) is 17.1 Å². The van der Waals surface area contributed by atoms with Gasteiger partial charge in [0.1, 0.15) is 6.04 Å². The van der Waals surface area contributed by atoms with E-state index in [1.807, 2.05) is 76.2 Å². The summed E-state index contributed by atoms with van der Waals surface area (Å²) in [7, 11) is 0. The number of fused-ring (bicyclic) bond motifs is 3. The molecular weight excluding hydrogens is 470 g/mol. The minimum atomic E-state index is -0.802. The molecule has 4 aromatic rings. The van der Waals surface area contributed by atoms with Crippen molar-refractivity contribution in [2.24, 2.45) is 0 Å². The van der Waals surface area contributed by atoms with Gasteiger partial charge in [-0.15, -0.1) is 0 Å². The number of para-hydroxylation sites is 2. The molecule has 3 aromatic carbocycles. The van der Waals surface area contributed by atoms with E-state index < -0.39 is 11.6 Å². The van der Waals surface area contributed by atoms with Crippen molar-refractivity contribution in [1.82, 2.24) is 9.88 Å². The standard InChI is InChI=1S/C33H35N3O2/c1-22-10-14-24(15-11-22)27-20-18-26-19-21-30(37)36(29-9-7-6-8-28(29)35(26)27)31(32(38)34-33(3,4)5)25-16-12-23(2)13-17-25/h6-18,20,31H,19,21H2,1-5H3,(H,34,38). The van der Waals surface area contributed by atoms with Crippen molar-refractivity contribution in [1.29, 1.82) is 0 Å².